The summed E-state index contributed by atoms with van der Waals surface area (Å²) in [4.78, 5) is 38.3. The van der Waals surface area contributed by atoms with Gasteiger partial charge in [0.15, 0.2) is 6.10 Å². The second kappa shape index (κ2) is 69.6. The van der Waals surface area contributed by atoms with E-state index < -0.39 is 6.10 Å². The molecule has 0 bridgehead atoms. The lowest BCUT2D eigenvalue weighted by atomic mass is 10.0. The summed E-state index contributed by atoms with van der Waals surface area (Å²) in [5, 5.41) is 0. The molecule has 0 rings (SSSR count). The number of rotatable bonds is 66. The molecule has 0 amide bonds. The van der Waals surface area contributed by atoms with Crippen LogP contribution in [0.2, 0.25) is 0 Å². The molecule has 0 spiro atoms. The van der Waals surface area contributed by atoms with Crippen LogP contribution in [0.15, 0.2) is 60.8 Å². The van der Waals surface area contributed by atoms with E-state index in [0.717, 1.165) is 96.3 Å². The summed E-state index contributed by atoms with van der Waals surface area (Å²) < 4.78 is 17.0. The molecule has 0 aromatic carbocycles. The summed E-state index contributed by atoms with van der Waals surface area (Å²) >= 11 is 0. The average Bonchev–Trinajstić information content (AvgIpc) is 3.47. The largest absolute Gasteiger partial charge is 0.462 e. The molecule has 472 valence electrons. The van der Waals surface area contributed by atoms with Gasteiger partial charge in [-0.3, -0.25) is 14.4 Å². The van der Waals surface area contributed by atoms with E-state index in [4.69, 9.17) is 14.2 Å². The number of carbonyl (C=O) groups is 3. The van der Waals surface area contributed by atoms with Gasteiger partial charge in [0.05, 0.1) is 0 Å². The van der Waals surface area contributed by atoms with Crippen molar-refractivity contribution < 1.29 is 28.6 Å². The number of hydrogen-bond acceptors (Lipinski definition) is 6. The molecule has 0 aliphatic rings. The lowest BCUT2D eigenvalue weighted by Crippen LogP contribution is -2.30. The van der Waals surface area contributed by atoms with Gasteiger partial charge in [0.25, 0.3) is 0 Å². The second-order valence-corrected chi connectivity index (χ2v) is 24.1. The van der Waals surface area contributed by atoms with Crippen LogP contribution in [0.3, 0.4) is 0 Å². The highest BCUT2D eigenvalue weighted by atomic mass is 16.6. The first-order chi connectivity index (χ1) is 40.0. The molecule has 6 nitrogen and oxygen atoms in total. The van der Waals surface area contributed by atoms with Gasteiger partial charge in [0.1, 0.15) is 13.2 Å². The highest BCUT2D eigenvalue weighted by Gasteiger charge is 2.19. The number of hydrogen-bond donors (Lipinski definition) is 0. The maximum Gasteiger partial charge on any atom is 0.306 e. The molecule has 0 aromatic rings. The van der Waals surface area contributed by atoms with Crippen LogP contribution in [0.1, 0.15) is 380 Å². The molecule has 0 saturated carbocycles. The third kappa shape index (κ3) is 67.8. The molecule has 0 radical (unpaired) electrons. The van der Waals surface area contributed by atoms with Crippen molar-refractivity contribution in [1.82, 2.24) is 0 Å². The predicted octanol–water partition coefficient (Wildman–Crippen LogP) is 24.7. The maximum atomic E-state index is 12.9. The van der Waals surface area contributed by atoms with Gasteiger partial charge in [-0.2, -0.15) is 0 Å². The van der Waals surface area contributed by atoms with Gasteiger partial charge in [0, 0.05) is 19.3 Å². The Balaban J connectivity index is 4.12. The Morgan fingerprint density at radius 3 is 0.815 bits per heavy atom. The van der Waals surface area contributed by atoms with Crippen molar-refractivity contribution in [1.29, 1.82) is 0 Å². The van der Waals surface area contributed by atoms with Crippen LogP contribution in [0.4, 0.5) is 0 Å². The minimum atomic E-state index is -0.775. The minimum absolute atomic E-state index is 0.0717. The normalized spacial score (nSPS) is 12.4. The fourth-order valence-corrected chi connectivity index (χ4v) is 10.7. The Morgan fingerprint density at radius 2 is 0.506 bits per heavy atom. The number of ether oxygens (including phenoxy) is 3. The Hall–Kier alpha value is -2.89. The standard InChI is InChI=1S/C75H136O6/c1-4-7-10-13-16-19-22-24-26-28-30-32-34-36-37-38-39-40-42-43-45-47-49-51-53-56-59-62-65-68-74(77)80-71-72(70-79-73(76)67-64-61-58-55-21-18-15-12-9-6-3)81-75(78)69-66-63-60-57-54-52-50-48-46-44-41-35-33-31-29-27-25-23-20-17-14-11-8-5-2/h7,10,12,15-16,19,24,26,30,32,72H,4-6,8-9,11,13-14,17-18,20-23,25,27-29,31,33-71H2,1-3H3/b10-7-,15-12-,19-16-,26-24-,32-30-. The first kappa shape index (κ1) is 78.1. The molecule has 0 N–H and O–H groups in total. The van der Waals surface area contributed by atoms with E-state index in [1.807, 2.05) is 0 Å². The molecular weight excluding hydrogens is 997 g/mol. The van der Waals surface area contributed by atoms with Gasteiger partial charge < -0.3 is 14.2 Å². The summed E-state index contributed by atoms with van der Waals surface area (Å²) in [6.07, 6.45) is 89.9. The SMILES string of the molecule is CC/C=C\C/C=C\C/C=C\C/C=C\CCCCCCCCCCCCCCCCCCC(=O)OCC(COC(=O)CCCCCCC/C=C\CCC)OC(=O)CCCCCCCCCCCCCCCCCCCCCCCCCC. The Kier molecular flexibility index (Phi) is 67.1. The summed E-state index contributed by atoms with van der Waals surface area (Å²) in [5.74, 6) is -0.858. The highest BCUT2D eigenvalue weighted by molar-refractivity contribution is 5.71. The van der Waals surface area contributed by atoms with Gasteiger partial charge >= 0.3 is 17.9 Å². The van der Waals surface area contributed by atoms with Gasteiger partial charge in [-0.25, -0.2) is 0 Å². The van der Waals surface area contributed by atoms with E-state index in [-0.39, 0.29) is 31.1 Å². The summed E-state index contributed by atoms with van der Waals surface area (Å²) in [6.45, 7) is 6.52. The van der Waals surface area contributed by atoms with Gasteiger partial charge in [-0.15, -0.1) is 0 Å². The van der Waals surface area contributed by atoms with Crippen molar-refractivity contribution in [3.63, 3.8) is 0 Å². The number of unbranched alkanes of at least 4 members (excludes halogenated alkanes) is 45. The zero-order chi connectivity index (χ0) is 58.5. The average molecular weight is 1130 g/mol. The smallest absolute Gasteiger partial charge is 0.306 e. The molecule has 6 heteroatoms. The lowest BCUT2D eigenvalue weighted by molar-refractivity contribution is -0.167. The first-order valence-corrected chi connectivity index (χ1v) is 35.8. The van der Waals surface area contributed by atoms with Crippen LogP contribution in [-0.4, -0.2) is 37.2 Å². The fourth-order valence-electron chi connectivity index (χ4n) is 10.7. The van der Waals surface area contributed by atoms with Crippen LogP contribution in [0.5, 0.6) is 0 Å². The van der Waals surface area contributed by atoms with Crippen LogP contribution in [0.25, 0.3) is 0 Å². The third-order valence-electron chi connectivity index (χ3n) is 16.0. The molecule has 81 heavy (non-hydrogen) atoms. The molecule has 0 heterocycles. The molecule has 0 aliphatic heterocycles. The van der Waals surface area contributed by atoms with Crippen molar-refractivity contribution in [3.05, 3.63) is 60.8 Å². The topological polar surface area (TPSA) is 78.9 Å². The van der Waals surface area contributed by atoms with Crippen molar-refractivity contribution in [3.8, 4) is 0 Å². The third-order valence-corrected chi connectivity index (χ3v) is 16.0. The van der Waals surface area contributed by atoms with Crippen molar-refractivity contribution >= 4 is 17.9 Å². The maximum absolute atomic E-state index is 12.9. The van der Waals surface area contributed by atoms with Crippen molar-refractivity contribution in [2.75, 3.05) is 13.2 Å². The van der Waals surface area contributed by atoms with Gasteiger partial charge in [-0.1, -0.05) is 345 Å². The van der Waals surface area contributed by atoms with E-state index >= 15 is 0 Å². The van der Waals surface area contributed by atoms with Crippen LogP contribution >= 0.6 is 0 Å². The Bertz CT molecular complexity index is 1440. The van der Waals surface area contributed by atoms with Crippen LogP contribution in [-0.2, 0) is 28.6 Å². The summed E-state index contributed by atoms with van der Waals surface area (Å²) in [6, 6.07) is 0. The monoisotopic (exact) mass is 1130 g/mol. The van der Waals surface area contributed by atoms with E-state index in [1.165, 1.54) is 244 Å². The molecular formula is C75H136O6. The van der Waals surface area contributed by atoms with Gasteiger partial charge in [0.2, 0.25) is 0 Å². The van der Waals surface area contributed by atoms with Crippen LogP contribution in [0, 0.1) is 0 Å². The molecule has 1 atom stereocenters. The molecule has 0 fully saturated rings. The first-order valence-electron chi connectivity index (χ1n) is 35.8. The molecule has 1 unspecified atom stereocenters. The Labute approximate surface area is 504 Å². The van der Waals surface area contributed by atoms with E-state index in [0.29, 0.717) is 19.3 Å². The second-order valence-electron chi connectivity index (χ2n) is 24.1. The van der Waals surface area contributed by atoms with Crippen molar-refractivity contribution in [2.24, 2.45) is 0 Å². The molecule has 0 aromatic heterocycles. The molecule has 0 aliphatic carbocycles. The summed E-state index contributed by atoms with van der Waals surface area (Å²) in [7, 11) is 0. The van der Waals surface area contributed by atoms with E-state index in [2.05, 4.69) is 81.5 Å². The zero-order valence-corrected chi connectivity index (χ0v) is 54.3. The minimum Gasteiger partial charge on any atom is -0.462 e. The Morgan fingerprint density at radius 1 is 0.259 bits per heavy atom. The fraction of sp³-hybridized carbons (Fsp3) is 0.827. The van der Waals surface area contributed by atoms with Crippen molar-refractivity contribution in [2.45, 2.75) is 386 Å². The lowest BCUT2D eigenvalue weighted by Gasteiger charge is -2.18. The summed E-state index contributed by atoms with van der Waals surface area (Å²) in [5.41, 5.74) is 0. The van der Waals surface area contributed by atoms with Crippen LogP contribution < -0.4 is 0 Å². The van der Waals surface area contributed by atoms with E-state index in [1.54, 1.807) is 0 Å². The molecule has 0 saturated heterocycles. The zero-order valence-electron chi connectivity index (χ0n) is 54.3. The predicted molar refractivity (Wildman–Crippen MR) is 353 cm³/mol. The number of carbonyl (C=O) groups excluding carboxylic acids is 3. The highest BCUT2D eigenvalue weighted by Crippen LogP contribution is 2.19. The quantitative estimate of drug-likeness (QED) is 0.0261. The van der Waals surface area contributed by atoms with Gasteiger partial charge in [-0.05, 0) is 77.0 Å². The number of esters is 3. The van der Waals surface area contributed by atoms with E-state index in [9.17, 15) is 14.4 Å². The number of allylic oxidation sites excluding steroid dienone is 10.